The zero-order valence-corrected chi connectivity index (χ0v) is 12.1. The molecule has 0 aliphatic carbocycles. The van der Waals surface area contributed by atoms with E-state index in [0.717, 1.165) is 5.92 Å². The van der Waals surface area contributed by atoms with Crippen LogP contribution in [0.2, 0.25) is 0 Å². The molecule has 0 aromatic carbocycles. The molecule has 0 radical (unpaired) electrons. The Labute approximate surface area is 108 Å². The van der Waals surface area contributed by atoms with Crippen molar-refractivity contribution in [1.82, 2.24) is 10.3 Å². The van der Waals surface area contributed by atoms with Crippen molar-refractivity contribution < 1.29 is 0 Å². The molecule has 4 heteroatoms. The zero-order chi connectivity index (χ0) is 12.4. The molecule has 0 amide bonds. The van der Waals surface area contributed by atoms with Gasteiger partial charge in [0, 0.05) is 24.0 Å². The second-order valence-electron chi connectivity index (χ2n) is 5.15. The second kappa shape index (κ2) is 5.36. The molecule has 0 saturated carbocycles. The molecule has 3 nitrogen and oxygen atoms in total. The van der Waals surface area contributed by atoms with Crippen LogP contribution in [0.3, 0.4) is 0 Å². The first-order valence-electron chi connectivity index (χ1n) is 6.51. The summed E-state index contributed by atoms with van der Waals surface area (Å²) in [6, 6.07) is 0.406. The van der Waals surface area contributed by atoms with E-state index >= 15 is 0 Å². The van der Waals surface area contributed by atoms with E-state index in [-0.39, 0.29) is 0 Å². The lowest BCUT2D eigenvalue weighted by atomic mass is 10.0. The summed E-state index contributed by atoms with van der Waals surface area (Å²) < 4.78 is 0. The molecule has 2 heterocycles. The summed E-state index contributed by atoms with van der Waals surface area (Å²) in [5.74, 6) is 0.804. The van der Waals surface area contributed by atoms with Crippen LogP contribution in [-0.4, -0.2) is 25.1 Å². The van der Waals surface area contributed by atoms with Crippen molar-refractivity contribution >= 4 is 16.5 Å². The number of nitrogens with one attached hydrogen (secondary N) is 1. The first-order chi connectivity index (χ1) is 8.11. The summed E-state index contributed by atoms with van der Waals surface area (Å²) >= 11 is 1.85. The Morgan fingerprint density at radius 3 is 2.94 bits per heavy atom. The normalized spacial score (nSPS) is 22.8. The maximum atomic E-state index is 4.74. The van der Waals surface area contributed by atoms with Crippen molar-refractivity contribution in [1.29, 1.82) is 0 Å². The lowest BCUT2D eigenvalue weighted by molar-refractivity contribution is 0.446. The Hall–Kier alpha value is -0.610. The van der Waals surface area contributed by atoms with Crippen LogP contribution in [0.5, 0.6) is 0 Å². The van der Waals surface area contributed by atoms with Gasteiger partial charge in [-0.2, -0.15) is 0 Å². The second-order valence-corrected chi connectivity index (χ2v) is 6.16. The SMILES string of the molecule is CNC(C)c1sc(N2CCCC(C)C2)nc1C. The van der Waals surface area contributed by atoms with Gasteiger partial charge in [-0.3, -0.25) is 0 Å². The molecule has 1 aliphatic heterocycles. The number of hydrogen-bond acceptors (Lipinski definition) is 4. The zero-order valence-electron chi connectivity index (χ0n) is 11.3. The summed E-state index contributed by atoms with van der Waals surface area (Å²) in [6.07, 6.45) is 2.66. The maximum Gasteiger partial charge on any atom is 0.185 e. The lowest BCUT2D eigenvalue weighted by Gasteiger charge is -2.30. The van der Waals surface area contributed by atoms with Gasteiger partial charge in [0.25, 0.3) is 0 Å². The van der Waals surface area contributed by atoms with Gasteiger partial charge in [0.05, 0.1) is 5.69 Å². The highest BCUT2D eigenvalue weighted by Gasteiger charge is 2.21. The van der Waals surface area contributed by atoms with Crippen LogP contribution in [0, 0.1) is 12.8 Å². The molecule has 1 aromatic heterocycles. The standard InChI is InChI=1S/C13H23N3S/c1-9-6-5-7-16(8-9)13-15-11(3)12(17-13)10(2)14-4/h9-10,14H,5-8H2,1-4H3. The summed E-state index contributed by atoms with van der Waals surface area (Å²) in [5.41, 5.74) is 1.19. The van der Waals surface area contributed by atoms with Crippen molar-refractivity contribution in [2.24, 2.45) is 5.92 Å². The highest BCUT2D eigenvalue weighted by Crippen LogP contribution is 2.32. The van der Waals surface area contributed by atoms with Gasteiger partial charge in [-0.25, -0.2) is 4.98 Å². The number of thiazole rings is 1. The van der Waals surface area contributed by atoms with Crippen LogP contribution in [0.15, 0.2) is 0 Å². The Kier molecular flexibility index (Phi) is 4.05. The van der Waals surface area contributed by atoms with Crippen molar-refractivity contribution in [2.45, 2.75) is 39.7 Å². The van der Waals surface area contributed by atoms with Gasteiger partial charge in [0.1, 0.15) is 0 Å². The Morgan fingerprint density at radius 2 is 2.29 bits per heavy atom. The van der Waals surface area contributed by atoms with E-state index in [0.29, 0.717) is 6.04 Å². The highest BCUT2D eigenvalue weighted by molar-refractivity contribution is 7.15. The van der Waals surface area contributed by atoms with E-state index in [1.165, 1.54) is 41.6 Å². The highest BCUT2D eigenvalue weighted by atomic mass is 32.1. The molecular weight excluding hydrogens is 230 g/mol. The van der Waals surface area contributed by atoms with Gasteiger partial charge in [0.15, 0.2) is 5.13 Å². The van der Waals surface area contributed by atoms with Crippen molar-refractivity contribution in [3.05, 3.63) is 10.6 Å². The van der Waals surface area contributed by atoms with Crippen LogP contribution in [0.4, 0.5) is 5.13 Å². The third-order valence-electron chi connectivity index (χ3n) is 3.58. The number of anilines is 1. The average Bonchev–Trinajstić information content (AvgIpc) is 2.70. The third-order valence-corrected chi connectivity index (χ3v) is 4.98. The number of hydrogen-bond donors (Lipinski definition) is 1. The molecule has 0 spiro atoms. The van der Waals surface area contributed by atoms with E-state index in [9.17, 15) is 0 Å². The molecule has 2 unspecified atom stereocenters. The Balaban J connectivity index is 2.16. The molecule has 1 fully saturated rings. The van der Waals surface area contributed by atoms with E-state index in [1.54, 1.807) is 0 Å². The fourth-order valence-electron chi connectivity index (χ4n) is 2.42. The van der Waals surface area contributed by atoms with Crippen LogP contribution in [0.25, 0.3) is 0 Å². The predicted octanol–water partition coefficient (Wildman–Crippen LogP) is 2.97. The lowest BCUT2D eigenvalue weighted by Crippen LogP contribution is -2.34. The average molecular weight is 253 g/mol. The molecule has 1 N–H and O–H groups in total. The fraction of sp³-hybridized carbons (Fsp3) is 0.769. The number of aryl methyl sites for hydroxylation is 1. The smallest absolute Gasteiger partial charge is 0.185 e. The van der Waals surface area contributed by atoms with Gasteiger partial charge >= 0.3 is 0 Å². The molecule has 1 aliphatic rings. The van der Waals surface area contributed by atoms with E-state index in [1.807, 2.05) is 18.4 Å². The van der Waals surface area contributed by atoms with Gasteiger partial charge in [0.2, 0.25) is 0 Å². The monoisotopic (exact) mass is 253 g/mol. The fourth-order valence-corrected chi connectivity index (χ4v) is 3.59. The molecule has 96 valence electrons. The van der Waals surface area contributed by atoms with E-state index in [4.69, 9.17) is 4.98 Å². The maximum absolute atomic E-state index is 4.74. The molecule has 0 bridgehead atoms. The molecule has 1 aromatic rings. The van der Waals surface area contributed by atoms with E-state index < -0.39 is 0 Å². The van der Waals surface area contributed by atoms with Gasteiger partial charge < -0.3 is 10.2 Å². The van der Waals surface area contributed by atoms with Gasteiger partial charge in [-0.15, -0.1) is 11.3 Å². The largest absolute Gasteiger partial charge is 0.348 e. The predicted molar refractivity (Wildman–Crippen MR) is 74.9 cm³/mol. The van der Waals surface area contributed by atoms with E-state index in [2.05, 4.69) is 31.0 Å². The Bertz CT molecular complexity index is 375. The molecule has 17 heavy (non-hydrogen) atoms. The first-order valence-corrected chi connectivity index (χ1v) is 7.33. The molecule has 1 saturated heterocycles. The first kappa shape index (κ1) is 12.8. The summed E-state index contributed by atoms with van der Waals surface area (Å²) in [4.78, 5) is 8.57. The topological polar surface area (TPSA) is 28.2 Å². The quantitative estimate of drug-likeness (QED) is 0.897. The summed E-state index contributed by atoms with van der Waals surface area (Å²) in [7, 11) is 2.01. The van der Waals surface area contributed by atoms with Gasteiger partial charge in [-0.1, -0.05) is 6.92 Å². The minimum Gasteiger partial charge on any atom is -0.348 e. The number of piperidine rings is 1. The minimum atomic E-state index is 0.406. The minimum absolute atomic E-state index is 0.406. The number of nitrogens with zero attached hydrogens (tertiary/aromatic N) is 2. The van der Waals surface area contributed by atoms with Crippen molar-refractivity contribution in [3.8, 4) is 0 Å². The van der Waals surface area contributed by atoms with Crippen LogP contribution >= 0.6 is 11.3 Å². The number of aromatic nitrogens is 1. The molecule has 2 rings (SSSR count). The van der Waals surface area contributed by atoms with Crippen molar-refractivity contribution in [3.63, 3.8) is 0 Å². The van der Waals surface area contributed by atoms with Crippen LogP contribution in [-0.2, 0) is 0 Å². The summed E-state index contributed by atoms with van der Waals surface area (Å²) in [5, 5.41) is 4.51. The molecular formula is C13H23N3S. The molecule has 2 atom stereocenters. The summed E-state index contributed by atoms with van der Waals surface area (Å²) in [6.45, 7) is 8.99. The van der Waals surface area contributed by atoms with Gasteiger partial charge in [-0.05, 0) is 39.7 Å². The third kappa shape index (κ3) is 2.80. The Morgan fingerprint density at radius 1 is 1.53 bits per heavy atom. The number of rotatable bonds is 3. The van der Waals surface area contributed by atoms with Crippen LogP contribution < -0.4 is 10.2 Å². The van der Waals surface area contributed by atoms with Crippen LogP contribution in [0.1, 0.15) is 43.3 Å². The van der Waals surface area contributed by atoms with Crippen molar-refractivity contribution in [2.75, 3.05) is 25.0 Å².